The Bertz CT molecular complexity index is 469. The summed E-state index contributed by atoms with van der Waals surface area (Å²) in [7, 11) is 0. The summed E-state index contributed by atoms with van der Waals surface area (Å²) < 4.78 is 0. The van der Waals surface area contributed by atoms with Gasteiger partial charge in [0.25, 0.3) is 0 Å². The molecule has 0 radical (unpaired) electrons. The molecule has 1 aliphatic heterocycles. The van der Waals surface area contributed by atoms with E-state index >= 15 is 0 Å². The SMILES string of the molecule is O=C1CCC(NCC(=O)Nc2ccccc2Cl)CN1. The number of hydrogen-bond donors (Lipinski definition) is 3. The standard InChI is InChI=1S/C13H16ClN3O2/c14-10-3-1-2-4-11(10)17-13(19)8-15-9-5-6-12(18)16-7-9/h1-4,9,15H,5-8H2,(H,16,18)(H,17,19). The molecule has 1 aromatic carbocycles. The topological polar surface area (TPSA) is 70.2 Å². The molecule has 1 heterocycles. The summed E-state index contributed by atoms with van der Waals surface area (Å²) >= 11 is 5.95. The smallest absolute Gasteiger partial charge is 0.238 e. The van der Waals surface area contributed by atoms with Crippen LogP contribution < -0.4 is 16.0 Å². The number of carbonyl (C=O) groups excluding carboxylic acids is 2. The van der Waals surface area contributed by atoms with E-state index in [1.54, 1.807) is 18.2 Å². The third kappa shape index (κ3) is 4.22. The lowest BCUT2D eigenvalue weighted by Crippen LogP contribution is -2.47. The van der Waals surface area contributed by atoms with Crippen molar-refractivity contribution in [3.63, 3.8) is 0 Å². The predicted octanol–water partition coefficient (Wildman–Crippen LogP) is 1.15. The Balaban J connectivity index is 1.76. The first-order chi connectivity index (χ1) is 9.15. The van der Waals surface area contributed by atoms with Crippen molar-refractivity contribution in [2.45, 2.75) is 18.9 Å². The number of amides is 2. The maximum Gasteiger partial charge on any atom is 0.238 e. The molecule has 0 spiro atoms. The number of benzene rings is 1. The van der Waals surface area contributed by atoms with Crippen LogP contribution in [0, 0.1) is 0 Å². The Labute approximate surface area is 116 Å². The van der Waals surface area contributed by atoms with E-state index in [0.717, 1.165) is 6.42 Å². The van der Waals surface area contributed by atoms with Crippen molar-refractivity contribution in [1.82, 2.24) is 10.6 Å². The number of hydrogen-bond acceptors (Lipinski definition) is 3. The summed E-state index contributed by atoms with van der Waals surface area (Å²) in [5.74, 6) is -0.0800. The average Bonchev–Trinajstić information content (AvgIpc) is 2.41. The molecule has 0 saturated carbocycles. The Kier molecular flexibility index (Phi) is 4.76. The van der Waals surface area contributed by atoms with Crippen molar-refractivity contribution in [3.05, 3.63) is 29.3 Å². The molecule has 19 heavy (non-hydrogen) atoms. The molecule has 0 aromatic heterocycles. The molecule has 2 rings (SSSR count). The zero-order valence-electron chi connectivity index (χ0n) is 10.4. The van der Waals surface area contributed by atoms with Crippen LogP contribution in [0.4, 0.5) is 5.69 Å². The number of halogens is 1. The Morgan fingerprint density at radius 3 is 2.89 bits per heavy atom. The molecule has 1 fully saturated rings. The van der Waals surface area contributed by atoms with E-state index < -0.39 is 0 Å². The molecule has 2 amide bonds. The van der Waals surface area contributed by atoms with Crippen molar-refractivity contribution in [2.24, 2.45) is 0 Å². The Morgan fingerprint density at radius 2 is 2.21 bits per heavy atom. The van der Waals surface area contributed by atoms with Crippen molar-refractivity contribution in [3.8, 4) is 0 Å². The zero-order chi connectivity index (χ0) is 13.7. The number of nitrogens with one attached hydrogen (secondary N) is 3. The lowest BCUT2D eigenvalue weighted by atomic mass is 10.1. The van der Waals surface area contributed by atoms with Crippen molar-refractivity contribution >= 4 is 29.1 Å². The summed E-state index contributed by atoms with van der Waals surface area (Å²) in [5.41, 5.74) is 0.605. The van der Waals surface area contributed by atoms with Gasteiger partial charge in [0.15, 0.2) is 0 Å². The largest absolute Gasteiger partial charge is 0.355 e. The van der Waals surface area contributed by atoms with E-state index in [2.05, 4.69) is 16.0 Å². The Hall–Kier alpha value is -1.59. The van der Waals surface area contributed by atoms with Gasteiger partial charge >= 0.3 is 0 Å². The average molecular weight is 282 g/mol. The first-order valence-electron chi connectivity index (χ1n) is 6.19. The zero-order valence-corrected chi connectivity index (χ0v) is 11.2. The van der Waals surface area contributed by atoms with Gasteiger partial charge in [0.1, 0.15) is 0 Å². The van der Waals surface area contributed by atoms with Gasteiger partial charge in [-0.1, -0.05) is 23.7 Å². The minimum absolute atomic E-state index is 0.0681. The molecule has 0 bridgehead atoms. The second-order valence-corrected chi connectivity index (χ2v) is 4.86. The second-order valence-electron chi connectivity index (χ2n) is 4.45. The van der Waals surface area contributed by atoms with Crippen LogP contribution in [-0.4, -0.2) is 30.9 Å². The molecule has 102 valence electrons. The highest BCUT2D eigenvalue weighted by atomic mass is 35.5. The van der Waals surface area contributed by atoms with Crippen molar-refractivity contribution in [2.75, 3.05) is 18.4 Å². The van der Waals surface area contributed by atoms with Gasteiger partial charge in [0, 0.05) is 19.0 Å². The number of para-hydroxylation sites is 1. The minimum Gasteiger partial charge on any atom is -0.355 e. The first-order valence-corrected chi connectivity index (χ1v) is 6.57. The molecule has 0 aliphatic carbocycles. The summed E-state index contributed by atoms with van der Waals surface area (Å²) in [6.45, 7) is 0.768. The van der Waals surface area contributed by atoms with Crippen molar-refractivity contribution in [1.29, 1.82) is 0 Å². The van der Waals surface area contributed by atoms with Crippen LogP contribution in [0.15, 0.2) is 24.3 Å². The van der Waals surface area contributed by atoms with E-state index in [4.69, 9.17) is 11.6 Å². The number of anilines is 1. The molecule has 1 saturated heterocycles. The normalized spacial score (nSPS) is 18.8. The van der Waals surface area contributed by atoms with E-state index in [1.165, 1.54) is 0 Å². The number of piperidine rings is 1. The lowest BCUT2D eigenvalue weighted by Gasteiger charge is -2.23. The van der Waals surface area contributed by atoms with E-state index in [9.17, 15) is 9.59 Å². The van der Waals surface area contributed by atoms with Crippen LogP contribution in [0.5, 0.6) is 0 Å². The van der Waals surface area contributed by atoms with E-state index in [0.29, 0.717) is 23.7 Å². The van der Waals surface area contributed by atoms with Gasteiger partial charge in [0.05, 0.1) is 17.3 Å². The summed E-state index contributed by atoms with van der Waals surface area (Å²) in [6, 6.07) is 7.24. The van der Waals surface area contributed by atoms with Gasteiger partial charge in [-0.2, -0.15) is 0 Å². The molecular weight excluding hydrogens is 266 g/mol. The highest BCUT2D eigenvalue weighted by molar-refractivity contribution is 6.33. The molecule has 5 nitrogen and oxygen atoms in total. The highest BCUT2D eigenvalue weighted by Gasteiger charge is 2.18. The van der Waals surface area contributed by atoms with E-state index in [1.807, 2.05) is 6.07 Å². The minimum atomic E-state index is -0.148. The van der Waals surface area contributed by atoms with Gasteiger partial charge in [-0.15, -0.1) is 0 Å². The lowest BCUT2D eigenvalue weighted by molar-refractivity contribution is -0.122. The van der Waals surface area contributed by atoms with Crippen LogP contribution in [0.1, 0.15) is 12.8 Å². The molecule has 1 aromatic rings. The molecule has 3 N–H and O–H groups in total. The third-order valence-corrected chi connectivity index (χ3v) is 3.29. The van der Waals surface area contributed by atoms with Crippen LogP contribution in [0.3, 0.4) is 0 Å². The molecule has 1 atom stereocenters. The van der Waals surface area contributed by atoms with Gasteiger partial charge in [-0.25, -0.2) is 0 Å². The van der Waals surface area contributed by atoms with Crippen LogP contribution in [-0.2, 0) is 9.59 Å². The maximum atomic E-state index is 11.8. The first kappa shape index (κ1) is 13.8. The van der Waals surface area contributed by atoms with Crippen LogP contribution in [0.2, 0.25) is 5.02 Å². The van der Waals surface area contributed by atoms with Gasteiger partial charge in [-0.05, 0) is 18.6 Å². The molecule has 1 unspecified atom stereocenters. The molecule has 6 heteroatoms. The van der Waals surface area contributed by atoms with Crippen LogP contribution in [0.25, 0.3) is 0 Å². The van der Waals surface area contributed by atoms with Crippen LogP contribution >= 0.6 is 11.6 Å². The summed E-state index contributed by atoms with van der Waals surface area (Å²) in [5, 5.41) is 9.12. The monoisotopic (exact) mass is 281 g/mol. The third-order valence-electron chi connectivity index (χ3n) is 2.96. The fourth-order valence-corrected chi connectivity index (χ4v) is 2.08. The maximum absolute atomic E-state index is 11.8. The van der Waals surface area contributed by atoms with Gasteiger partial charge in [0.2, 0.25) is 11.8 Å². The van der Waals surface area contributed by atoms with E-state index in [-0.39, 0.29) is 24.4 Å². The highest BCUT2D eigenvalue weighted by Crippen LogP contribution is 2.20. The van der Waals surface area contributed by atoms with Gasteiger partial charge in [-0.3, -0.25) is 9.59 Å². The molecule has 1 aliphatic rings. The fraction of sp³-hybridized carbons (Fsp3) is 0.385. The second kappa shape index (κ2) is 6.54. The number of rotatable bonds is 4. The fourth-order valence-electron chi connectivity index (χ4n) is 1.90. The van der Waals surface area contributed by atoms with Crippen molar-refractivity contribution < 1.29 is 9.59 Å². The summed E-state index contributed by atoms with van der Waals surface area (Å²) in [6.07, 6.45) is 1.26. The summed E-state index contributed by atoms with van der Waals surface area (Å²) in [4.78, 5) is 22.7. The Morgan fingerprint density at radius 1 is 1.42 bits per heavy atom. The number of carbonyl (C=O) groups is 2. The van der Waals surface area contributed by atoms with Gasteiger partial charge < -0.3 is 16.0 Å². The quantitative estimate of drug-likeness (QED) is 0.775. The predicted molar refractivity (Wildman–Crippen MR) is 74.1 cm³/mol. The molecular formula is C13H16ClN3O2.